The number of carbonyl (C=O) groups excluding carboxylic acids is 1. The Morgan fingerprint density at radius 3 is 2.78 bits per heavy atom. The maximum absolute atomic E-state index is 11.6. The van der Waals surface area contributed by atoms with Crippen LogP contribution in [0.3, 0.4) is 0 Å². The van der Waals surface area contributed by atoms with E-state index in [1.807, 2.05) is 0 Å². The Morgan fingerprint density at radius 2 is 2.17 bits per heavy atom. The van der Waals surface area contributed by atoms with Crippen molar-refractivity contribution in [3.63, 3.8) is 0 Å². The van der Waals surface area contributed by atoms with Gasteiger partial charge in [0.15, 0.2) is 5.69 Å². The van der Waals surface area contributed by atoms with Crippen molar-refractivity contribution in [2.24, 2.45) is 0 Å². The molecule has 5 heteroatoms. The number of hydrogen-bond donors (Lipinski definition) is 0. The topological polar surface area (TPSA) is 57.0 Å². The number of aryl methyl sites for hydroxylation is 1. The molecule has 1 rings (SSSR count). The zero-order valence-electron chi connectivity index (χ0n) is 11.2. The average Bonchev–Trinajstić information content (AvgIpc) is 2.77. The van der Waals surface area contributed by atoms with Crippen LogP contribution in [0.5, 0.6) is 0 Å². The molecular formula is C13H21N3O2. The van der Waals surface area contributed by atoms with Gasteiger partial charge in [-0.15, -0.1) is 11.7 Å². The Hall–Kier alpha value is -1.65. The smallest absolute Gasteiger partial charge is 0.360 e. The molecule has 0 saturated heterocycles. The standard InChI is InChI=1S/C13H21N3O2/c1-4-6-7-8-9-11-12(13(17)18-3)15-16(14-11)10-5-2/h5H,2,4,6-10H2,1,3H3. The Balaban J connectivity index is 2.72. The van der Waals surface area contributed by atoms with Crippen molar-refractivity contribution in [1.82, 2.24) is 15.0 Å². The largest absolute Gasteiger partial charge is 0.464 e. The van der Waals surface area contributed by atoms with E-state index < -0.39 is 5.97 Å². The van der Waals surface area contributed by atoms with Crippen LogP contribution in [0.1, 0.15) is 48.8 Å². The first kappa shape index (κ1) is 14.4. The molecule has 18 heavy (non-hydrogen) atoms. The average molecular weight is 251 g/mol. The fraction of sp³-hybridized carbons (Fsp3) is 0.615. The maximum Gasteiger partial charge on any atom is 0.360 e. The van der Waals surface area contributed by atoms with Gasteiger partial charge >= 0.3 is 5.97 Å². The molecule has 0 aliphatic heterocycles. The zero-order chi connectivity index (χ0) is 13.4. The summed E-state index contributed by atoms with van der Waals surface area (Å²) < 4.78 is 4.72. The number of nitrogens with zero attached hydrogens (tertiary/aromatic N) is 3. The first-order chi connectivity index (χ1) is 8.72. The SMILES string of the molecule is C=CCn1nc(CCCCCC)c(C(=O)OC)n1. The molecular weight excluding hydrogens is 230 g/mol. The van der Waals surface area contributed by atoms with Gasteiger partial charge in [-0.3, -0.25) is 0 Å². The first-order valence-electron chi connectivity index (χ1n) is 6.36. The number of hydrogen-bond acceptors (Lipinski definition) is 4. The van der Waals surface area contributed by atoms with E-state index in [2.05, 4.69) is 23.7 Å². The minimum atomic E-state index is -0.421. The van der Waals surface area contributed by atoms with Crippen LogP contribution in [-0.2, 0) is 17.7 Å². The molecule has 0 N–H and O–H groups in total. The molecule has 0 amide bonds. The number of carbonyl (C=O) groups is 1. The summed E-state index contributed by atoms with van der Waals surface area (Å²) in [4.78, 5) is 13.1. The monoisotopic (exact) mass is 251 g/mol. The molecule has 0 aliphatic rings. The number of esters is 1. The van der Waals surface area contributed by atoms with E-state index in [-0.39, 0.29) is 0 Å². The molecule has 0 aromatic carbocycles. The van der Waals surface area contributed by atoms with Crippen LogP contribution < -0.4 is 0 Å². The molecule has 1 aromatic rings. The Bertz CT molecular complexity index is 399. The van der Waals surface area contributed by atoms with Gasteiger partial charge in [-0.2, -0.15) is 9.90 Å². The molecule has 0 spiro atoms. The van der Waals surface area contributed by atoms with Gasteiger partial charge in [0.1, 0.15) is 0 Å². The first-order valence-corrected chi connectivity index (χ1v) is 6.36. The van der Waals surface area contributed by atoms with Crippen LogP contribution in [0.2, 0.25) is 0 Å². The van der Waals surface area contributed by atoms with E-state index in [0.717, 1.165) is 25.0 Å². The van der Waals surface area contributed by atoms with E-state index in [4.69, 9.17) is 4.74 Å². The fourth-order valence-corrected chi connectivity index (χ4v) is 1.72. The minimum absolute atomic E-state index is 0.329. The number of rotatable bonds is 8. The van der Waals surface area contributed by atoms with Crippen molar-refractivity contribution < 1.29 is 9.53 Å². The molecule has 0 bridgehead atoms. The lowest BCUT2D eigenvalue weighted by Crippen LogP contribution is -2.06. The molecule has 100 valence electrons. The van der Waals surface area contributed by atoms with Crippen LogP contribution in [0.25, 0.3) is 0 Å². The molecule has 1 aromatic heterocycles. The van der Waals surface area contributed by atoms with E-state index >= 15 is 0 Å². The number of methoxy groups -OCH3 is 1. The van der Waals surface area contributed by atoms with E-state index in [1.54, 1.807) is 6.08 Å². The van der Waals surface area contributed by atoms with E-state index in [1.165, 1.54) is 24.7 Å². The van der Waals surface area contributed by atoms with Crippen LogP contribution >= 0.6 is 0 Å². The highest BCUT2D eigenvalue weighted by atomic mass is 16.5. The number of ether oxygens (including phenoxy) is 1. The van der Waals surface area contributed by atoms with E-state index in [9.17, 15) is 4.79 Å². The molecule has 0 unspecified atom stereocenters. The summed E-state index contributed by atoms with van der Waals surface area (Å²) in [5, 5.41) is 8.43. The molecule has 0 atom stereocenters. The van der Waals surface area contributed by atoms with Gasteiger partial charge in [0.25, 0.3) is 0 Å². The summed E-state index contributed by atoms with van der Waals surface area (Å²) in [5.41, 5.74) is 1.05. The Morgan fingerprint density at radius 1 is 1.39 bits per heavy atom. The van der Waals surface area contributed by atoms with Crippen LogP contribution in [0.15, 0.2) is 12.7 Å². The second-order valence-electron chi connectivity index (χ2n) is 4.14. The van der Waals surface area contributed by atoms with Crippen molar-refractivity contribution in [1.29, 1.82) is 0 Å². The third-order valence-corrected chi connectivity index (χ3v) is 2.66. The summed E-state index contributed by atoms with van der Waals surface area (Å²) in [6.07, 6.45) is 7.01. The fourth-order valence-electron chi connectivity index (χ4n) is 1.72. The van der Waals surface area contributed by atoms with Gasteiger partial charge in [-0.25, -0.2) is 4.79 Å². The van der Waals surface area contributed by atoms with E-state index in [0.29, 0.717) is 12.2 Å². The van der Waals surface area contributed by atoms with Gasteiger partial charge < -0.3 is 4.74 Å². The summed E-state index contributed by atoms with van der Waals surface area (Å²) in [6, 6.07) is 0. The predicted molar refractivity (Wildman–Crippen MR) is 69.4 cm³/mol. The lowest BCUT2D eigenvalue weighted by molar-refractivity contribution is 0.0591. The highest BCUT2D eigenvalue weighted by Crippen LogP contribution is 2.10. The second-order valence-corrected chi connectivity index (χ2v) is 4.14. The van der Waals surface area contributed by atoms with Crippen molar-refractivity contribution in [2.45, 2.75) is 45.6 Å². The Labute approximate surface area is 108 Å². The van der Waals surface area contributed by atoms with Gasteiger partial charge in [-0.05, 0) is 12.8 Å². The summed E-state index contributed by atoms with van der Waals surface area (Å²) >= 11 is 0. The molecule has 0 aliphatic carbocycles. The van der Waals surface area contributed by atoms with Crippen LogP contribution in [0.4, 0.5) is 0 Å². The van der Waals surface area contributed by atoms with Gasteiger partial charge in [0.2, 0.25) is 0 Å². The van der Waals surface area contributed by atoms with Crippen molar-refractivity contribution >= 4 is 5.97 Å². The van der Waals surface area contributed by atoms with Crippen molar-refractivity contribution in [3.05, 3.63) is 24.0 Å². The number of aromatic nitrogens is 3. The number of allylic oxidation sites excluding steroid dienone is 1. The predicted octanol–water partition coefficient (Wildman–Crippen LogP) is 2.37. The maximum atomic E-state index is 11.6. The minimum Gasteiger partial charge on any atom is -0.464 e. The van der Waals surface area contributed by atoms with Crippen molar-refractivity contribution in [2.75, 3.05) is 7.11 Å². The third kappa shape index (κ3) is 3.98. The molecule has 0 fully saturated rings. The third-order valence-electron chi connectivity index (χ3n) is 2.66. The summed E-state index contributed by atoms with van der Waals surface area (Å²) in [5.74, 6) is -0.421. The quantitative estimate of drug-likeness (QED) is 0.404. The molecule has 1 heterocycles. The van der Waals surface area contributed by atoms with Crippen molar-refractivity contribution in [3.8, 4) is 0 Å². The Kier molecular flexibility index (Phi) is 6.11. The van der Waals surface area contributed by atoms with Crippen LogP contribution in [-0.4, -0.2) is 28.1 Å². The molecule has 0 saturated carbocycles. The zero-order valence-corrected chi connectivity index (χ0v) is 11.2. The van der Waals surface area contributed by atoms with Gasteiger partial charge in [0.05, 0.1) is 19.3 Å². The van der Waals surface area contributed by atoms with Gasteiger partial charge in [-0.1, -0.05) is 32.3 Å². The second kappa shape index (κ2) is 7.63. The lowest BCUT2D eigenvalue weighted by Gasteiger charge is -1.99. The summed E-state index contributed by atoms with van der Waals surface area (Å²) in [6.45, 7) is 6.30. The number of unbranched alkanes of at least 4 members (excludes halogenated alkanes) is 3. The highest BCUT2D eigenvalue weighted by Gasteiger charge is 2.18. The van der Waals surface area contributed by atoms with Crippen LogP contribution in [0, 0.1) is 0 Å². The molecule has 5 nitrogen and oxygen atoms in total. The highest BCUT2D eigenvalue weighted by molar-refractivity contribution is 5.88. The molecule has 0 radical (unpaired) electrons. The lowest BCUT2D eigenvalue weighted by atomic mass is 10.1. The summed E-state index contributed by atoms with van der Waals surface area (Å²) in [7, 11) is 1.36. The van der Waals surface area contributed by atoms with Gasteiger partial charge in [0, 0.05) is 0 Å². The normalized spacial score (nSPS) is 10.3.